The van der Waals surface area contributed by atoms with E-state index >= 15 is 0 Å². The van der Waals surface area contributed by atoms with E-state index in [1.54, 1.807) is 21.1 Å². The SMILES string of the molecule is COc1ccc(CN2CCn3c(-c4nc(C)no4)nnc3C2C)c(OC)c1. The van der Waals surface area contributed by atoms with Crippen molar-refractivity contribution in [1.29, 1.82) is 0 Å². The molecule has 9 heteroatoms. The quantitative estimate of drug-likeness (QED) is 0.675. The Morgan fingerprint density at radius 1 is 1.19 bits per heavy atom. The molecule has 0 saturated carbocycles. The zero-order chi connectivity index (χ0) is 19.0. The van der Waals surface area contributed by atoms with Crippen molar-refractivity contribution >= 4 is 0 Å². The lowest BCUT2D eigenvalue weighted by molar-refractivity contribution is 0.155. The summed E-state index contributed by atoms with van der Waals surface area (Å²) >= 11 is 0. The summed E-state index contributed by atoms with van der Waals surface area (Å²) in [6.07, 6.45) is 0. The average Bonchev–Trinajstić information content (AvgIpc) is 3.30. The van der Waals surface area contributed by atoms with Crippen molar-refractivity contribution < 1.29 is 14.0 Å². The van der Waals surface area contributed by atoms with Gasteiger partial charge in [-0.3, -0.25) is 4.90 Å². The molecular weight excluding hydrogens is 348 g/mol. The Bertz CT molecular complexity index is 950. The van der Waals surface area contributed by atoms with Gasteiger partial charge in [-0.05, 0) is 19.9 Å². The standard InChI is InChI=1S/C18H22N6O3/c1-11-16-20-21-17(18-19-12(2)22-27-18)24(16)8-7-23(11)10-13-5-6-14(25-3)9-15(13)26-4/h5-6,9,11H,7-8,10H2,1-4H3. The molecule has 0 fully saturated rings. The predicted octanol–water partition coefficient (Wildman–Crippen LogP) is 2.23. The second kappa shape index (κ2) is 6.99. The summed E-state index contributed by atoms with van der Waals surface area (Å²) in [5.74, 6) is 4.10. The summed E-state index contributed by atoms with van der Waals surface area (Å²) in [5, 5.41) is 12.5. The van der Waals surface area contributed by atoms with E-state index in [4.69, 9.17) is 14.0 Å². The molecule has 4 rings (SSSR count). The van der Waals surface area contributed by atoms with Gasteiger partial charge in [0.1, 0.15) is 11.5 Å². The van der Waals surface area contributed by atoms with Gasteiger partial charge in [0.25, 0.3) is 5.89 Å². The molecule has 2 aromatic heterocycles. The molecule has 0 bridgehead atoms. The second-order valence-corrected chi connectivity index (χ2v) is 6.50. The molecule has 0 aliphatic carbocycles. The third-order valence-electron chi connectivity index (χ3n) is 4.90. The Morgan fingerprint density at radius 3 is 2.74 bits per heavy atom. The molecule has 142 valence electrons. The molecule has 0 amide bonds. The van der Waals surface area contributed by atoms with Gasteiger partial charge >= 0.3 is 0 Å². The maximum Gasteiger partial charge on any atom is 0.295 e. The summed E-state index contributed by atoms with van der Waals surface area (Å²) in [7, 11) is 3.32. The Hall–Kier alpha value is -2.94. The van der Waals surface area contributed by atoms with Crippen LogP contribution in [-0.4, -0.2) is 50.6 Å². The van der Waals surface area contributed by atoms with Gasteiger partial charge in [0.15, 0.2) is 11.6 Å². The van der Waals surface area contributed by atoms with Crippen LogP contribution in [0.2, 0.25) is 0 Å². The molecule has 0 radical (unpaired) electrons. The van der Waals surface area contributed by atoms with Gasteiger partial charge in [-0.15, -0.1) is 10.2 Å². The van der Waals surface area contributed by atoms with Gasteiger partial charge in [-0.1, -0.05) is 11.2 Å². The smallest absolute Gasteiger partial charge is 0.295 e. The van der Waals surface area contributed by atoms with Crippen LogP contribution in [0.3, 0.4) is 0 Å². The van der Waals surface area contributed by atoms with Crippen LogP contribution in [0.25, 0.3) is 11.7 Å². The van der Waals surface area contributed by atoms with Gasteiger partial charge in [0.05, 0.1) is 20.3 Å². The highest BCUT2D eigenvalue weighted by atomic mass is 16.5. The van der Waals surface area contributed by atoms with Crippen molar-refractivity contribution in [1.82, 2.24) is 29.8 Å². The molecule has 27 heavy (non-hydrogen) atoms. The fourth-order valence-electron chi connectivity index (χ4n) is 3.39. The van der Waals surface area contributed by atoms with E-state index in [-0.39, 0.29) is 6.04 Å². The lowest BCUT2D eigenvalue weighted by Gasteiger charge is -2.33. The van der Waals surface area contributed by atoms with Crippen molar-refractivity contribution in [3.8, 4) is 23.2 Å². The minimum Gasteiger partial charge on any atom is -0.497 e. The minimum atomic E-state index is 0.0934. The van der Waals surface area contributed by atoms with E-state index in [0.717, 1.165) is 42.5 Å². The van der Waals surface area contributed by atoms with Crippen molar-refractivity contribution in [2.75, 3.05) is 20.8 Å². The number of ether oxygens (including phenoxy) is 2. The molecule has 1 aromatic carbocycles. The number of methoxy groups -OCH3 is 2. The lowest BCUT2D eigenvalue weighted by atomic mass is 10.1. The van der Waals surface area contributed by atoms with E-state index in [1.807, 2.05) is 18.2 Å². The van der Waals surface area contributed by atoms with Crippen molar-refractivity contribution in [2.45, 2.75) is 33.0 Å². The van der Waals surface area contributed by atoms with Crippen LogP contribution < -0.4 is 9.47 Å². The summed E-state index contributed by atoms with van der Waals surface area (Å²) in [6.45, 7) is 6.26. The molecule has 0 N–H and O–H groups in total. The third-order valence-corrected chi connectivity index (χ3v) is 4.90. The number of aromatic nitrogens is 5. The zero-order valence-electron chi connectivity index (χ0n) is 15.8. The molecule has 1 atom stereocenters. The number of aryl methyl sites for hydroxylation is 1. The first-order valence-corrected chi connectivity index (χ1v) is 8.79. The largest absolute Gasteiger partial charge is 0.497 e. The van der Waals surface area contributed by atoms with Crippen molar-refractivity contribution in [3.63, 3.8) is 0 Å². The fourth-order valence-corrected chi connectivity index (χ4v) is 3.39. The molecule has 1 aliphatic rings. The van der Waals surface area contributed by atoms with Crippen LogP contribution >= 0.6 is 0 Å². The topological polar surface area (TPSA) is 91.3 Å². The first-order chi connectivity index (χ1) is 13.1. The van der Waals surface area contributed by atoms with Crippen LogP contribution in [-0.2, 0) is 13.1 Å². The summed E-state index contributed by atoms with van der Waals surface area (Å²) < 4.78 is 18.1. The fraction of sp³-hybridized carbons (Fsp3) is 0.444. The molecule has 0 spiro atoms. The summed E-state index contributed by atoms with van der Waals surface area (Å²) in [4.78, 5) is 6.61. The number of hydrogen-bond acceptors (Lipinski definition) is 8. The van der Waals surface area contributed by atoms with Crippen LogP contribution in [0.5, 0.6) is 11.5 Å². The van der Waals surface area contributed by atoms with Gasteiger partial charge in [0.2, 0.25) is 5.82 Å². The molecule has 0 saturated heterocycles. The van der Waals surface area contributed by atoms with Crippen molar-refractivity contribution in [3.05, 3.63) is 35.4 Å². The molecule has 3 heterocycles. The zero-order valence-corrected chi connectivity index (χ0v) is 15.8. The molecule has 3 aromatic rings. The van der Waals surface area contributed by atoms with Crippen LogP contribution in [0.15, 0.2) is 22.7 Å². The van der Waals surface area contributed by atoms with E-state index < -0.39 is 0 Å². The second-order valence-electron chi connectivity index (χ2n) is 6.50. The van der Waals surface area contributed by atoms with E-state index in [0.29, 0.717) is 17.5 Å². The number of hydrogen-bond donors (Lipinski definition) is 0. The first-order valence-electron chi connectivity index (χ1n) is 8.79. The predicted molar refractivity (Wildman–Crippen MR) is 96.4 cm³/mol. The maximum absolute atomic E-state index is 5.53. The van der Waals surface area contributed by atoms with Crippen LogP contribution in [0, 0.1) is 6.92 Å². The maximum atomic E-state index is 5.53. The first kappa shape index (κ1) is 17.5. The molecule has 1 unspecified atom stereocenters. The highest BCUT2D eigenvalue weighted by Crippen LogP contribution is 2.32. The summed E-state index contributed by atoms with van der Waals surface area (Å²) in [6, 6.07) is 5.99. The van der Waals surface area contributed by atoms with Crippen LogP contribution in [0.1, 0.15) is 30.2 Å². The molecular formula is C18H22N6O3. The Kier molecular flexibility index (Phi) is 4.53. The van der Waals surface area contributed by atoms with Gasteiger partial charge in [0, 0.05) is 31.3 Å². The number of nitrogens with zero attached hydrogens (tertiary/aromatic N) is 6. The Balaban J connectivity index is 1.58. The highest BCUT2D eigenvalue weighted by molar-refractivity contribution is 5.42. The average molecular weight is 370 g/mol. The van der Waals surface area contributed by atoms with Gasteiger partial charge in [-0.25, -0.2) is 0 Å². The molecule has 9 nitrogen and oxygen atoms in total. The minimum absolute atomic E-state index is 0.0934. The van der Waals surface area contributed by atoms with Crippen LogP contribution in [0.4, 0.5) is 0 Å². The van der Waals surface area contributed by atoms with E-state index in [1.165, 1.54) is 0 Å². The number of rotatable bonds is 5. The van der Waals surface area contributed by atoms with Crippen molar-refractivity contribution in [2.24, 2.45) is 0 Å². The van der Waals surface area contributed by atoms with Gasteiger partial charge < -0.3 is 18.6 Å². The van der Waals surface area contributed by atoms with E-state index in [2.05, 4.69) is 36.7 Å². The highest BCUT2D eigenvalue weighted by Gasteiger charge is 2.30. The number of fused-ring (bicyclic) bond motifs is 1. The van der Waals surface area contributed by atoms with E-state index in [9.17, 15) is 0 Å². The number of benzene rings is 1. The van der Waals surface area contributed by atoms with Gasteiger partial charge in [-0.2, -0.15) is 4.98 Å². The lowest BCUT2D eigenvalue weighted by Crippen LogP contribution is -2.36. The normalized spacial score (nSPS) is 17.0. The summed E-state index contributed by atoms with van der Waals surface area (Å²) in [5.41, 5.74) is 1.10. The molecule has 1 aliphatic heterocycles. The Morgan fingerprint density at radius 2 is 2.04 bits per heavy atom. The monoisotopic (exact) mass is 370 g/mol. The Labute approximate surface area is 156 Å². The third kappa shape index (κ3) is 3.14.